The van der Waals surface area contributed by atoms with Crippen LogP contribution in [0.15, 0.2) is 0 Å². The second-order valence-electron chi connectivity index (χ2n) is 8.71. The summed E-state index contributed by atoms with van der Waals surface area (Å²) in [6, 6.07) is -0.704. The molecular weight excluding hydrogens is 303 g/mol. The van der Waals surface area contributed by atoms with Crippen LogP contribution in [0.2, 0.25) is 0 Å². The highest BCUT2D eigenvalue weighted by Crippen LogP contribution is 2.60. The summed E-state index contributed by atoms with van der Waals surface area (Å²) in [4.78, 5) is 13.0. The molecule has 5 aliphatic carbocycles. The second kappa shape index (κ2) is 5.38. The molecule has 5 saturated carbocycles. The lowest BCUT2D eigenvalue weighted by molar-refractivity contribution is -0.190. The summed E-state index contributed by atoms with van der Waals surface area (Å²) >= 11 is 0. The maximum Gasteiger partial charge on any atom is 0.393 e. The van der Waals surface area contributed by atoms with E-state index in [1.165, 1.54) is 19.3 Å². The van der Waals surface area contributed by atoms with E-state index in [0.717, 1.165) is 25.7 Å². The van der Waals surface area contributed by atoms with Crippen LogP contribution in [-0.2, 0) is 4.79 Å². The molecule has 5 rings (SSSR count). The van der Waals surface area contributed by atoms with Crippen LogP contribution in [0.25, 0.3) is 0 Å². The predicted octanol–water partition coefficient (Wildman–Crippen LogP) is 4.44. The Morgan fingerprint density at radius 2 is 1.43 bits per heavy atom. The van der Waals surface area contributed by atoms with Crippen LogP contribution in [0.1, 0.15) is 64.2 Å². The highest BCUT2D eigenvalue weighted by Gasteiger charge is 2.55. The molecular formula is C18H26F3NO. The highest BCUT2D eigenvalue weighted by molar-refractivity contribution is 5.83. The van der Waals surface area contributed by atoms with E-state index in [4.69, 9.17) is 0 Å². The molecule has 1 N–H and O–H groups in total. The maximum atomic E-state index is 13.3. The van der Waals surface area contributed by atoms with Crippen LogP contribution in [-0.4, -0.2) is 18.1 Å². The molecule has 0 aliphatic heterocycles. The quantitative estimate of drug-likeness (QED) is 0.797. The monoisotopic (exact) mass is 329 g/mol. The van der Waals surface area contributed by atoms with Crippen molar-refractivity contribution in [2.24, 2.45) is 29.1 Å². The van der Waals surface area contributed by atoms with Crippen molar-refractivity contribution in [2.75, 3.05) is 0 Å². The van der Waals surface area contributed by atoms with E-state index in [2.05, 4.69) is 5.32 Å². The van der Waals surface area contributed by atoms with E-state index < -0.39 is 18.1 Å². The number of carbonyl (C=O) groups is 1. The molecule has 5 aliphatic rings. The number of hydrogen-bond acceptors (Lipinski definition) is 1. The Balaban J connectivity index is 1.49. The number of carbonyl (C=O) groups excluding carboxylic acids is 1. The lowest BCUT2D eigenvalue weighted by atomic mass is 9.49. The van der Waals surface area contributed by atoms with Gasteiger partial charge in [0.25, 0.3) is 0 Å². The van der Waals surface area contributed by atoms with Crippen LogP contribution in [0.4, 0.5) is 13.2 Å². The van der Waals surface area contributed by atoms with E-state index in [0.29, 0.717) is 30.6 Å². The first-order chi connectivity index (χ1) is 10.9. The van der Waals surface area contributed by atoms with E-state index in [9.17, 15) is 18.0 Å². The molecule has 2 nitrogen and oxygen atoms in total. The van der Waals surface area contributed by atoms with E-state index in [-0.39, 0.29) is 17.7 Å². The van der Waals surface area contributed by atoms with E-state index in [1.54, 1.807) is 0 Å². The van der Waals surface area contributed by atoms with Gasteiger partial charge in [0.15, 0.2) is 0 Å². The number of rotatable bonds is 2. The summed E-state index contributed by atoms with van der Waals surface area (Å²) in [6.45, 7) is 0. The zero-order chi connectivity index (χ0) is 16.2. The van der Waals surface area contributed by atoms with Crippen molar-refractivity contribution in [2.45, 2.75) is 76.4 Å². The van der Waals surface area contributed by atoms with Gasteiger partial charge in [0.2, 0.25) is 5.91 Å². The second-order valence-corrected chi connectivity index (χ2v) is 8.71. The fraction of sp³-hybridized carbons (Fsp3) is 0.944. The molecule has 1 amide bonds. The van der Waals surface area contributed by atoms with Gasteiger partial charge in [-0.25, -0.2) is 0 Å². The molecule has 4 bridgehead atoms. The van der Waals surface area contributed by atoms with Crippen molar-refractivity contribution >= 4 is 5.91 Å². The van der Waals surface area contributed by atoms with Gasteiger partial charge in [0.05, 0.1) is 5.92 Å². The first kappa shape index (κ1) is 15.8. The van der Waals surface area contributed by atoms with Gasteiger partial charge < -0.3 is 5.32 Å². The molecule has 5 fully saturated rings. The number of nitrogens with one attached hydrogen (secondary N) is 1. The Morgan fingerprint density at radius 3 is 1.96 bits per heavy atom. The van der Waals surface area contributed by atoms with Crippen molar-refractivity contribution in [1.29, 1.82) is 0 Å². The van der Waals surface area contributed by atoms with Crippen molar-refractivity contribution in [3.05, 3.63) is 0 Å². The first-order valence-corrected chi connectivity index (χ1v) is 9.23. The van der Waals surface area contributed by atoms with Gasteiger partial charge in [-0.15, -0.1) is 0 Å². The summed E-state index contributed by atoms with van der Waals surface area (Å²) in [5.74, 6) is 0.497. The maximum absolute atomic E-state index is 13.3. The van der Waals surface area contributed by atoms with Gasteiger partial charge >= 0.3 is 6.18 Å². The third-order valence-corrected chi connectivity index (χ3v) is 7.02. The van der Waals surface area contributed by atoms with Crippen molar-refractivity contribution < 1.29 is 18.0 Å². The molecule has 2 unspecified atom stereocenters. The smallest absolute Gasteiger partial charge is 0.352 e. The first-order valence-electron chi connectivity index (χ1n) is 9.23. The normalized spacial score (nSPS) is 46.0. The SMILES string of the molecule is O=C(NC1CCCCC1C(F)(F)F)C12CC3CC(CC(C3)C1)C2. The predicted molar refractivity (Wildman–Crippen MR) is 80.5 cm³/mol. The molecule has 0 aromatic heterocycles. The molecule has 0 radical (unpaired) electrons. The molecule has 0 saturated heterocycles. The Bertz CT molecular complexity index is 452. The topological polar surface area (TPSA) is 29.1 Å². The summed E-state index contributed by atoms with van der Waals surface area (Å²) in [6.07, 6.45) is 4.30. The summed E-state index contributed by atoms with van der Waals surface area (Å²) in [5, 5.41) is 2.87. The van der Waals surface area contributed by atoms with Gasteiger partial charge in [-0.05, 0) is 69.1 Å². The van der Waals surface area contributed by atoms with Crippen molar-refractivity contribution in [3.63, 3.8) is 0 Å². The largest absolute Gasteiger partial charge is 0.393 e. The van der Waals surface area contributed by atoms with Gasteiger partial charge in [-0.1, -0.05) is 12.8 Å². The van der Waals surface area contributed by atoms with E-state index in [1.807, 2.05) is 0 Å². The number of amides is 1. The average Bonchev–Trinajstić information content (AvgIpc) is 2.45. The van der Waals surface area contributed by atoms with Gasteiger partial charge in [-0.3, -0.25) is 4.79 Å². The van der Waals surface area contributed by atoms with Crippen molar-refractivity contribution in [1.82, 2.24) is 5.32 Å². The lowest BCUT2D eigenvalue weighted by Crippen LogP contribution is -2.57. The highest BCUT2D eigenvalue weighted by atomic mass is 19.4. The minimum Gasteiger partial charge on any atom is -0.352 e. The van der Waals surface area contributed by atoms with E-state index >= 15 is 0 Å². The molecule has 5 heteroatoms. The molecule has 0 aromatic carbocycles. The number of hydrogen-bond donors (Lipinski definition) is 1. The van der Waals surface area contributed by atoms with Crippen LogP contribution in [0.3, 0.4) is 0 Å². The van der Waals surface area contributed by atoms with Crippen LogP contribution in [0.5, 0.6) is 0 Å². The van der Waals surface area contributed by atoms with Crippen LogP contribution >= 0.6 is 0 Å². The molecule has 0 heterocycles. The average molecular weight is 329 g/mol. The minimum atomic E-state index is -4.19. The van der Waals surface area contributed by atoms with Crippen LogP contribution in [0, 0.1) is 29.1 Å². The zero-order valence-corrected chi connectivity index (χ0v) is 13.5. The summed E-state index contributed by atoms with van der Waals surface area (Å²) in [5.41, 5.74) is -0.345. The Kier molecular flexibility index (Phi) is 3.69. The third-order valence-electron chi connectivity index (χ3n) is 7.02. The Morgan fingerprint density at radius 1 is 0.913 bits per heavy atom. The standard InChI is InChI=1S/C18H26F3NO/c19-18(20,21)14-3-1-2-4-15(14)22-16(23)17-8-11-5-12(9-17)7-13(6-11)10-17/h11-15H,1-10H2,(H,22,23). The fourth-order valence-electron chi connectivity index (χ4n) is 6.41. The summed E-state index contributed by atoms with van der Waals surface area (Å²) < 4.78 is 39.8. The Hall–Kier alpha value is -0.740. The van der Waals surface area contributed by atoms with Crippen LogP contribution < -0.4 is 5.32 Å². The molecule has 130 valence electrons. The van der Waals surface area contributed by atoms with Gasteiger partial charge in [0, 0.05) is 11.5 Å². The number of halogens is 3. The molecule has 23 heavy (non-hydrogen) atoms. The Labute approximate surface area is 135 Å². The van der Waals surface area contributed by atoms with Gasteiger partial charge in [0.1, 0.15) is 0 Å². The zero-order valence-electron chi connectivity index (χ0n) is 13.5. The molecule has 2 atom stereocenters. The third kappa shape index (κ3) is 2.78. The molecule has 0 aromatic rings. The van der Waals surface area contributed by atoms with Crippen molar-refractivity contribution in [3.8, 4) is 0 Å². The summed E-state index contributed by atoms with van der Waals surface area (Å²) in [7, 11) is 0. The minimum absolute atomic E-state index is 0.0576. The van der Waals surface area contributed by atoms with Gasteiger partial charge in [-0.2, -0.15) is 13.2 Å². The fourth-order valence-corrected chi connectivity index (χ4v) is 6.41. The number of alkyl halides is 3. The molecule has 0 spiro atoms. The lowest BCUT2D eigenvalue weighted by Gasteiger charge is -2.56.